The Kier molecular flexibility index (Phi) is 6.28. The van der Waals surface area contributed by atoms with Gasteiger partial charge in [-0.25, -0.2) is 0 Å². The summed E-state index contributed by atoms with van der Waals surface area (Å²) >= 11 is 0. The lowest BCUT2D eigenvalue weighted by Gasteiger charge is -2.10. The second-order valence-electron chi connectivity index (χ2n) is 5.85. The van der Waals surface area contributed by atoms with Gasteiger partial charge in [0.25, 0.3) is 0 Å². The van der Waals surface area contributed by atoms with E-state index in [4.69, 9.17) is 0 Å². The molecule has 0 unspecified atom stereocenters. The van der Waals surface area contributed by atoms with Crippen molar-refractivity contribution in [1.82, 2.24) is 5.32 Å². The molecule has 0 saturated carbocycles. The molecule has 2 aromatic rings. The zero-order valence-corrected chi connectivity index (χ0v) is 14.2. The van der Waals surface area contributed by atoms with Crippen molar-refractivity contribution in [2.24, 2.45) is 5.92 Å². The highest BCUT2D eigenvalue weighted by Crippen LogP contribution is 2.16. The standard InChI is InChI=1S/C19H21N3O3/c1-13(2)17(23)21-15-9-6-10-16(11-15)22-19(25)18(24)20-12-14-7-4-3-5-8-14/h3-11,13H,12H2,1-2H3,(H,20,24)(H,21,23)(H,22,25). The van der Waals surface area contributed by atoms with Gasteiger partial charge < -0.3 is 16.0 Å². The van der Waals surface area contributed by atoms with Crippen LogP contribution in [0.15, 0.2) is 54.6 Å². The molecular weight excluding hydrogens is 318 g/mol. The molecule has 25 heavy (non-hydrogen) atoms. The molecule has 0 heterocycles. The molecular formula is C19H21N3O3. The maximum Gasteiger partial charge on any atom is 0.313 e. The molecule has 2 aromatic carbocycles. The van der Waals surface area contributed by atoms with Crippen LogP contribution in [0.25, 0.3) is 0 Å². The zero-order valence-electron chi connectivity index (χ0n) is 14.2. The second-order valence-corrected chi connectivity index (χ2v) is 5.85. The summed E-state index contributed by atoms with van der Waals surface area (Å²) < 4.78 is 0. The summed E-state index contributed by atoms with van der Waals surface area (Å²) in [5, 5.41) is 7.82. The lowest BCUT2D eigenvalue weighted by molar-refractivity contribution is -0.136. The normalized spacial score (nSPS) is 10.2. The van der Waals surface area contributed by atoms with E-state index in [9.17, 15) is 14.4 Å². The Morgan fingerprint density at radius 3 is 2.12 bits per heavy atom. The highest BCUT2D eigenvalue weighted by molar-refractivity contribution is 6.39. The van der Waals surface area contributed by atoms with E-state index >= 15 is 0 Å². The van der Waals surface area contributed by atoms with Crippen molar-refractivity contribution in [2.75, 3.05) is 10.6 Å². The number of benzene rings is 2. The van der Waals surface area contributed by atoms with Gasteiger partial charge in [0, 0.05) is 23.8 Å². The van der Waals surface area contributed by atoms with Crippen molar-refractivity contribution in [2.45, 2.75) is 20.4 Å². The topological polar surface area (TPSA) is 87.3 Å². The molecule has 0 aliphatic carbocycles. The maximum absolute atomic E-state index is 12.0. The molecule has 130 valence electrons. The Hall–Kier alpha value is -3.15. The van der Waals surface area contributed by atoms with E-state index in [0.29, 0.717) is 11.4 Å². The third-order valence-electron chi connectivity index (χ3n) is 3.41. The van der Waals surface area contributed by atoms with Crippen LogP contribution >= 0.6 is 0 Å². The number of rotatable bonds is 5. The summed E-state index contributed by atoms with van der Waals surface area (Å²) in [6.07, 6.45) is 0. The Morgan fingerprint density at radius 1 is 0.840 bits per heavy atom. The molecule has 6 heteroatoms. The fraction of sp³-hybridized carbons (Fsp3) is 0.211. The second kappa shape index (κ2) is 8.63. The molecule has 0 spiro atoms. The van der Waals surface area contributed by atoms with Crippen molar-refractivity contribution in [3.63, 3.8) is 0 Å². The van der Waals surface area contributed by atoms with Gasteiger partial charge in [-0.2, -0.15) is 0 Å². The number of amides is 3. The largest absolute Gasteiger partial charge is 0.344 e. The smallest absolute Gasteiger partial charge is 0.313 e. The summed E-state index contributed by atoms with van der Waals surface area (Å²) in [5.41, 5.74) is 1.89. The quantitative estimate of drug-likeness (QED) is 0.732. The van der Waals surface area contributed by atoms with Crippen LogP contribution in [0, 0.1) is 5.92 Å². The molecule has 3 N–H and O–H groups in total. The highest BCUT2D eigenvalue weighted by atomic mass is 16.2. The Morgan fingerprint density at radius 2 is 1.48 bits per heavy atom. The van der Waals surface area contributed by atoms with Crippen molar-refractivity contribution in [1.29, 1.82) is 0 Å². The minimum Gasteiger partial charge on any atom is -0.344 e. The number of hydrogen-bond acceptors (Lipinski definition) is 3. The molecule has 0 atom stereocenters. The van der Waals surface area contributed by atoms with Gasteiger partial charge in [0.05, 0.1) is 0 Å². The van der Waals surface area contributed by atoms with E-state index in [2.05, 4.69) is 16.0 Å². The first-order valence-corrected chi connectivity index (χ1v) is 7.99. The minimum atomic E-state index is -0.761. The van der Waals surface area contributed by atoms with Gasteiger partial charge in [-0.1, -0.05) is 50.2 Å². The van der Waals surface area contributed by atoms with E-state index in [1.165, 1.54) is 0 Å². The first-order chi connectivity index (χ1) is 12.0. The van der Waals surface area contributed by atoms with Crippen LogP contribution in [0.3, 0.4) is 0 Å². The SMILES string of the molecule is CC(C)C(=O)Nc1cccc(NC(=O)C(=O)NCc2ccccc2)c1. The third kappa shape index (κ3) is 5.76. The van der Waals surface area contributed by atoms with Crippen LogP contribution in [0.4, 0.5) is 11.4 Å². The number of carbonyl (C=O) groups is 3. The van der Waals surface area contributed by atoms with Crippen LogP contribution < -0.4 is 16.0 Å². The minimum absolute atomic E-state index is 0.121. The van der Waals surface area contributed by atoms with Crippen molar-refractivity contribution in [3.05, 3.63) is 60.2 Å². The van der Waals surface area contributed by atoms with Crippen molar-refractivity contribution in [3.8, 4) is 0 Å². The van der Waals surface area contributed by atoms with Gasteiger partial charge in [0.15, 0.2) is 0 Å². The van der Waals surface area contributed by atoms with Gasteiger partial charge in [-0.15, -0.1) is 0 Å². The number of anilines is 2. The summed E-state index contributed by atoms with van der Waals surface area (Å²) in [6, 6.07) is 16.0. The predicted octanol–water partition coefficient (Wildman–Crippen LogP) is 2.54. The average Bonchev–Trinajstić information content (AvgIpc) is 2.60. The van der Waals surface area contributed by atoms with Crippen LogP contribution in [0.1, 0.15) is 19.4 Å². The molecule has 0 aliphatic rings. The van der Waals surface area contributed by atoms with E-state index in [1.807, 2.05) is 30.3 Å². The molecule has 0 bridgehead atoms. The molecule has 0 fully saturated rings. The third-order valence-corrected chi connectivity index (χ3v) is 3.41. The lowest BCUT2D eigenvalue weighted by Crippen LogP contribution is -2.34. The molecule has 0 saturated heterocycles. The summed E-state index contributed by atoms with van der Waals surface area (Å²) in [4.78, 5) is 35.6. The Labute approximate surface area is 146 Å². The van der Waals surface area contributed by atoms with Gasteiger partial charge in [-0.05, 0) is 23.8 Å². The van der Waals surface area contributed by atoms with Crippen LogP contribution in [0.5, 0.6) is 0 Å². The van der Waals surface area contributed by atoms with Crippen LogP contribution in [-0.2, 0) is 20.9 Å². The first-order valence-electron chi connectivity index (χ1n) is 7.99. The van der Waals surface area contributed by atoms with E-state index in [1.54, 1.807) is 38.1 Å². The number of carbonyl (C=O) groups excluding carboxylic acids is 3. The van der Waals surface area contributed by atoms with E-state index < -0.39 is 11.8 Å². The Bertz CT molecular complexity index is 758. The van der Waals surface area contributed by atoms with Gasteiger partial charge in [0.1, 0.15) is 0 Å². The van der Waals surface area contributed by atoms with Crippen molar-refractivity contribution >= 4 is 29.1 Å². The summed E-state index contributed by atoms with van der Waals surface area (Å²) in [6.45, 7) is 3.85. The molecule has 3 amide bonds. The Balaban J connectivity index is 1.91. The van der Waals surface area contributed by atoms with Crippen molar-refractivity contribution < 1.29 is 14.4 Å². The van der Waals surface area contributed by atoms with Crippen LogP contribution in [-0.4, -0.2) is 17.7 Å². The van der Waals surface area contributed by atoms with E-state index in [-0.39, 0.29) is 18.4 Å². The fourth-order valence-electron chi connectivity index (χ4n) is 2.01. The molecule has 2 rings (SSSR count). The lowest BCUT2D eigenvalue weighted by atomic mass is 10.2. The number of hydrogen-bond donors (Lipinski definition) is 3. The summed E-state index contributed by atoms with van der Waals surface area (Å²) in [5.74, 6) is -1.75. The van der Waals surface area contributed by atoms with E-state index in [0.717, 1.165) is 5.56 Å². The molecule has 0 radical (unpaired) electrons. The molecule has 6 nitrogen and oxygen atoms in total. The average molecular weight is 339 g/mol. The van der Waals surface area contributed by atoms with Gasteiger partial charge in [0.2, 0.25) is 5.91 Å². The maximum atomic E-state index is 12.0. The first kappa shape index (κ1) is 18.2. The molecule has 0 aliphatic heterocycles. The van der Waals surface area contributed by atoms with Gasteiger partial charge >= 0.3 is 11.8 Å². The zero-order chi connectivity index (χ0) is 18.2. The number of nitrogens with one attached hydrogen (secondary N) is 3. The van der Waals surface area contributed by atoms with Crippen LogP contribution in [0.2, 0.25) is 0 Å². The predicted molar refractivity (Wildman–Crippen MR) is 96.8 cm³/mol. The molecule has 0 aromatic heterocycles. The van der Waals surface area contributed by atoms with Gasteiger partial charge in [-0.3, -0.25) is 14.4 Å². The monoisotopic (exact) mass is 339 g/mol. The fourth-order valence-corrected chi connectivity index (χ4v) is 2.01. The summed E-state index contributed by atoms with van der Waals surface area (Å²) in [7, 11) is 0. The highest BCUT2D eigenvalue weighted by Gasteiger charge is 2.14.